The molecule has 4 rings (SSSR count). The highest BCUT2D eigenvalue weighted by atomic mass is 16.5. The number of methoxy groups -OCH3 is 1. The van der Waals surface area contributed by atoms with Crippen LogP contribution in [0.2, 0.25) is 0 Å². The van der Waals surface area contributed by atoms with Crippen LogP contribution in [-0.2, 0) is 19.1 Å². The number of benzene rings is 2. The number of ether oxygens (including phenoxy) is 2. The molecule has 3 unspecified atom stereocenters. The molecule has 3 atom stereocenters. The molecule has 1 heterocycles. The number of nitrogens with one attached hydrogen (secondary N) is 1. The highest BCUT2D eigenvalue weighted by Crippen LogP contribution is 2.44. The average Bonchev–Trinajstić information content (AvgIpc) is 3.18. The molecule has 186 valence electrons. The van der Waals surface area contributed by atoms with Gasteiger partial charge in [-0.2, -0.15) is 0 Å². The van der Waals surface area contributed by atoms with E-state index in [1.54, 1.807) is 11.8 Å². The molecule has 0 aromatic heterocycles. The number of hydrogen-bond donors (Lipinski definition) is 2. The molecule has 2 aromatic rings. The first-order valence-electron chi connectivity index (χ1n) is 12.0. The van der Waals surface area contributed by atoms with E-state index in [0.29, 0.717) is 19.4 Å². The lowest BCUT2D eigenvalue weighted by atomic mass is 9.90. The number of carboxylic acid groups (broad SMARTS) is 1. The van der Waals surface area contributed by atoms with Crippen molar-refractivity contribution in [2.24, 2.45) is 5.92 Å². The number of fused-ring (bicyclic) bond motifs is 3. The third kappa shape index (κ3) is 5.32. The van der Waals surface area contributed by atoms with E-state index in [1.807, 2.05) is 24.3 Å². The monoisotopic (exact) mass is 480 g/mol. The lowest BCUT2D eigenvalue weighted by Crippen LogP contribution is -2.50. The van der Waals surface area contributed by atoms with Gasteiger partial charge >= 0.3 is 12.1 Å². The lowest BCUT2D eigenvalue weighted by molar-refractivity contribution is -0.149. The number of amides is 2. The van der Waals surface area contributed by atoms with Crippen LogP contribution < -0.4 is 5.32 Å². The van der Waals surface area contributed by atoms with Gasteiger partial charge in [-0.25, -0.2) is 4.79 Å². The summed E-state index contributed by atoms with van der Waals surface area (Å²) in [5.41, 5.74) is 4.59. The quantitative estimate of drug-likeness (QED) is 0.598. The van der Waals surface area contributed by atoms with Gasteiger partial charge in [-0.15, -0.1) is 0 Å². The van der Waals surface area contributed by atoms with Crippen LogP contribution in [0.5, 0.6) is 0 Å². The van der Waals surface area contributed by atoms with Gasteiger partial charge < -0.3 is 24.8 Å². The summed E-state index contributed by atoms with van der Waals surface area (Å²) in [7, 11) is 1.48. The van der Waals surface area contributed by atoms with Crippen LogP contribution in [0, 0.1) is 5.92 Å². The maximum Gasteiger partial charge on any atom is 0.407 e. The standard InChI is InChI=1S/C27H32N2O6/c1-17-19(26(31)32)12-7-13-29(17)25(30)14-18(34-2)15-28-27(33)35-16-24-22-10-5-3-8-20(22)21-9-4-6-11-23(21)24/h3-6,8-11,17-19,24H,7,12-16H2,1-2H3,(H,28,33)(H,31,32). The van der Waals surface area contributed by atoms with E-state index in [2.05, 4.69) is 29.6 Å². The first-order valence-corrected chi connectivity index (χ1v) is 12.0. The Morgan fingerprint density at radius 3 is 2.31 bits per heavy atom. The maximum atomic E-state index is 12.8. The molecule has 1 aliphatic heterocycles. The molecular weight excluding hydrogens is 448 g/mol. The molecule has 8 nitrogen and oxygen atoms in total. The van der Waals surface area contributed by atoms with E-state index in [4.69, 9.17) is 9.47 Å². The van der Waals surface area contributed by atoms with Gasteiger partial charge in [0.15, 0.2) is 0 Å². The number of carbonyl (C=O) groups excluding carboxylic acids is 2. The van der Waals surface area contributed by atoms with Crippen molar-refractivity contribution in [1.82, 2.24) is 10.2 Å². The molecule has 0 saturated carbocycles. The Labute approximate surface area is 205 Å². The van der Waals surface area contributed by atoms with E-state index < -0.39 is 24.1 Å². The Kier molecular flexibility index (Phi) is 7.70. The number of aliphatic carboxylic acids is 1. The normalized spacial score (nSPS) is 20.0. The Balaban J connectivity index is 1.29. The first-order chi connectivity index (χ1) is 16.9. The second-order valence-corrected chi connectivity index (χ2v) is 9.18. The number of rotatable bonds is 8. The van der Waals surface area contributed by atoms with Gasteiger partial charge in [0.05, 0.1) is 18.4 Å². The predicted octanol–water partition coefficient (Wildman–Crippen LogP) is 3.64. The molecule has 0 spiro atoms. The van der Waals surface area contributed by atoms with Crippen LogP contribution in [0.3, 0.4) is 0 Å². The van der Waals surface area contributed by atoms with Gasteiger partial charge in [0, 0.05) is 32.2 Å². The van der Waals surface area contributed by atoms with Crippen LogP contribution in [0.25, 0.3) is 11.1 Å². The van der Waals surface area contributed by atoms with Crippen LogP contribution in [-0.4, -0.2) is 66.9 Å². The fourth-order valence-corrected chi connectivity index (χ4v) is 5.22. The number of carbonyl (C=O) groups is 3. The number of likely N-dealkylation sites (tertiary alicyclic amines) is 1. The third-order valence-corrected chi connectivity index (χ3v) is 7.18. The Morgan fingerprint density at radius 1 is 1.09 bits per heavy atom. The minimum Gasteiger partial charge on any atom is -0.481 e. The average molecular weight is 481 g/mol. The minimum absolute atomic E-state index is 0.0317. The van der Waals surface area contributed by atoms with Gasteiger partial charge in [0.1, 0.15) is 6.61 Å². The second-order valence-electron chi connectivity index (χ2n) is 9.18. The molecular formula is C27H32N2O6. The van der Waals surface area contributed by atoms with E-state index >= 15 is 0 Å². The molecule has 2 amide bonds. The molecule has 1 saturated heterocycles. The molecule has 1 fully saturated rings. The van der Waals surface area contributed by atoms with Crippen LogP contribution in [0.15, 0.2) is 48.5 Å². The van der Waals surface area contributed by atoms with Gasteiger partial charge in [-0.3, -0.25) is 9.59 Å². The highest BCUT2D eigenvalue weighted by Gasteiger charge is 2.36. The molecule has 35 heavy (non-hydrogen) atoms. The SMILES string of the molecule is COC(CNC(=O)OCC1c2ccccc2-c2ccccc21)CC(=O)N1CCCC(C(=O)O)C1C. The maximum absolute atomic E-state index is 12.8. The van der Waals surface area contributed by atoms with Crippen molar-refractivity contribution < 1.29 is 29.0 Å². The van der Waals surface area contributed by atoms with E-state index in [0.717, 1.165) is 22.3 Å². The van der Waals surface area contributed by atoms with Crippen LogP contribution >= 0.6 is 0 Å². The number of hydrogen-bond acceptors (Lipinski definition) is 5. The third-order valence-electron chi connectivity index (χ3n) is 7.18. The molecule has 2 aliphatic rings. The zero-order valence-electron chi connectivity index (χ0n) is 20.1. The number of alkyl carbamates (subject to hydrolysis) is 1. The van der Waals surface area contributed by atoms with Crippen molar-refractivity contribution >= 4 is 18.0 Å². The lowest BCUT2D eigenvalue weighted by Gasteiger charge is -2.38. The van der Waals surface area contributed by atoms with E-state index in [1.165, 1.54) is 7.11 Å². The topological polar surface area (TPSA) is 105 Å². The highest BCUT2D eigenvalue weighted by molar-refractivity contribution is 5.80. The molecule has 2 aromatic carbocycles. The zero-order chi connectivity index (χ0) is 24.9. The summed E-state index contributed by atoms with van der Waals surface area (Å²) in [6.45, 7) is 2.62. The summed E-state index contributed by atoms with van der Waals surface area (Å²) in [6, 6.07) is 15.9. The molecule has 8 heteroatoms. The van der Waals surface area contributed by atoms with Crippen molar-refractivity contribution in [3.63, 3.8) is 0 Å². The van der Waals surface area contributed by atoms with Crippen molar-refractivity contribution in [1.29, 1.82) is 0 Å². The smallest absolute Gasteiger partial charge is 0.407 e. The Bertz CT molecular complexity index is 1040. The summed E-state index contributed by atoms with van der Waals surface area (Å²) >= 11 is 0. The van der Waals surface area contributed by atoms with Crippen molar-refractivity contribution in [3.05, 3.63) is 59.7 Å². The van der Waals surface area contributed by atoms with Gasteiger partial charge in [0.25, 0.3) is 0 Å². The van der Waals surface area contributed by atoms with Gasteiger partial charge in [0.2, 0.25) is 5.91 Å². The predicted molar refractivity (Wildman–Crippen MR) is 130 cm³/mol. The van der Waals surface area contributed by atoms with Crippen molar-refractivity contribution in [2.45, 2.75) is 44.2 Å². The van der Waals surface area contributed by atoms with Crippen LogP contribution in [0.1, 0.15) is 43.2 Å². The number of nitrogens with zero attached hydrogens (tertiary/aromatic N) is 1. The number of carboxylic acids is 1. The van der Waals surface area contributed by atoms with E-state index in [-0.39, 0.29) is 37.4 Å². The zero-order valence-corrected chi connectivity index (χ0v) is 20.1. The van der Waals surface area contributed by atoms with Crippen LogP contribution in [0.4, 0.5) is 4.79 Å². The minimum atomic E-state index is -0.879. The van der Waals surface area contributed by atoms with Gasteiger partial charge in [-0.1, -0.05) is 48.5 Å². The fourth-order valence-electron chi connectivity index (χ4n) is 5.22. The van der Waals surface area contributed by atoms with Crippen molar-refractivity contribution in [3.8, 4) is 11.1 Å². The van der Waals surface area contributed by atoms with E-state index in [9.17, 15) is 19.5 Å². The molecule has 0 radical (unpaired) electrons. The molecule has 2 N–H and O–H groups in total. The first kappa shape index (κ1) is 24.7. The summed E-state index contributed by atoms with van der Waals surface area (Å²) in [5, 5.41) is 12.1. The molecule has 1 aliphatic carbocycles. The Morgan fingerprint density at radius 2 is 1.71 bits per heavy atom. The molecule has 0 bridgehead atoms. The fraction of sp³-hybridized carbons (Fsp3) is 0.444. The summed E-state index contributed by atoms with van der Waals surface area (Å²) < 4.78 is 11.0. The summed E-state index contributed by atoms with van der Waals surface area (Å²) in [6.07, 6.45) is 0.163. The van der Waals surface area contributed by atoms with Crippen molar-refractivity contribution in [2.75, 3.05) is 26.8 Å². The Hall–Kier alpha value is -3.39. The summed E-state index contributed by atoms with van der Waals surface area (Å²) in [4.78, 5) is 38.4. The largest absolute Gasteiger partial charge is 0.481 e. The second kappa shape index (κ2) is 10.9. The van der Waals surface area contributed by atoms with Gasteiger partial charge in [-0.05, 0) is 42.0 Å². The summed E-state index contributed by atoms with van der Waals surface area (Å²) in [5.74, 6) is -1.65. The number of piperidine rings is 1.